The predicted molar refractivity (Wildman–Crippen MR) is 102 cm³/mol. The smallest absolute Gasteiger partial charge is 0.271 e. The number of thiophene rings is 1. The van der Waals surface area contributed by atoms with Crippen LogP contribution in [0.15, 0.2) is 46.5 Å². The Morgan fingerprint density at radius 2 is 2.00 bits per heavy atom. The molecule has 7 heteroatoms. The van der Waals surface area contributed by atoms with Crippen LogP contribution in [0.1, 0.15) is 23.0 Å². The molecule has 0 aliphatic rings. The Balaban J connectivity index is 1.56. The zero-order chi connectivity index (χ0) is 17.6. The van der Waals surface area contributed by atoms with Crippen LogP contribution in [0, 0.1) is 0 Å². The van der Waals surface area contributed by atoms with Crippen LogP contribution < -0.4 is 10.6 Å². The summed E-state index contributed by atoms with van der Waals surface area (Å²) < 4.78 is 0. The summed E-state index contributed by atoms with van der Waals surface area (Å²) in [5.41, 5.74) is 3.16. The molecule has 3 rings (SSSR count). The number of carbonyl (C=O) groups excluding carboxylic acids is 2. The molecule has 2 heterocycles. The van der Waals surface area contributed by atoms with Crippen molar-refractivity contribution in [3.63, 3.8) is 0 Å². The summed E-state index contributed by atoms with van der Waals surface area (Å²) >= 11 is 2.99. The van der Waals surface area contributed by atoms with Crippen molar-refractivity contribution in [2.75, 3.05) is 11.9 Å². The molecule has 2 N–H and O–H groups in total. The molecule has 0 unspecified atom stereocenters. The number of hydrogen-bond acceptors (Lipinski definition) is 5. The molecule has 3 aromatic rings. The third-order valence-corrected chi connectivity index (χ3v) is 5.16. The summed E-state index contributed by atoms with van der Waals surface area (Å²) in [7, 11) is 0. The minimum absolute atomic E-state index is 0.0950. The molecule has 0 aliphatic heterocycles. The number of para-hydroxylation sites is 1. The minimum atomic E-state index is -0.350. The van der Waals surface area contributed by atoms with E-state index in [1.54, 1.807) is 16.7 Å². The molecule has 0 saturated carbocycles. The number of aryl methyl sites for hydroxylation is 1. The van der Waals surface area contributed by atoms with Gasteiger partial charge in [-0.05, 0) is 29.5 Å². The van der Waals surface area contributed by atoms with Crippen molar-refractivity contribution in [2.24, 2.45) is 0 Å². The van der Waals surface area contributed by atoms with Gasteiger partial charge in [0.1, 0.15) is 10.7 Å². The van der Waals surface area contributed by atoms with Crippen LogP contribution in [0.5, 0.6) is 0 Å². The zero-order valence-corrected chi connectivity index (χ0v) is 15.2. The highest BCUT2D eigenvalue weighted by atomic mass is 32.1. The maximum atomic E-state index is 12.2. The molecule has 0 spiro atoms. The average molecular weight is 371 g/mol. The largest absolute Gasteiger partial charge is 0.342 e. The van der Waals surface area contributed by atoms with Gasteiger partial charge in [-0.25, -0.2) is 4.98 Å². The molecular formula is C18H17N3O2S2. The van der Waals surface area contributed by atoms with E-state index < -0.39 is 0 Å². The molecule has 1 aromatic carbocycles. The van der Waals surface area contributed by atoms with Crippen molar-refractivity contribution >= 4 is 40.2 Å². The van der Waals surface area contributed by atoms with E-state index >= 15 is 0 Å². The van der Waals surface area contributed by atoms with E-state index in [9.17, 15) is 9.59 Å². The number of nitrogens with zero attached hydrogens (tertiary/aromatic N) is 1. The van der Waals surface area contributed by atoms with Crippen LogP contribution in [-0.2, 0) is 11.2 Å². The second-order valence-corrected chi connectivity index (χ2v) is 6.93. The fourth-order valence-electron chi connectivity index (χ4n) is 2.29. The van der Waals surface area contributed by atoms with Gasteiger partial charge in [0.2, 0.25) is 5.91 Å². The highest BCUT2D eigenvalue weighted by molar-refractivity contribution is 7.14. The van der Waals surface area contributed by atoms with Crippen LogP contribution in [-0.4, -0.2) is 23.3 Å². The lowest BCUT2D eigenvalue weighted by atomic mass is 10.1. The molecule has 0 bridgehead atoms. The fourth-order valence-corrected chi connectivity index (χ4v) is 3.81. The molecule has 128 valence electrons. The van der Waals surface area contributed by atoms with E-state index in [2.05, 4.69) is 15.6 Å². The van der Waals surface area contributed by atoms with Gasteiger partial charge >= 0.3 is 0 Å². The number of anilines is 1. The Morgan fingerprint density at radius 3 is 2.76 bits per heavy atom. The highest BCUT2D eigenvalue weighted by Crippen LogP contribution is 2.25. The minimum Gasteiger partial charge on any atom is -0.342 e. The van der Waals surface area contributed by atoms with E-state index in [0.717, 1.165) is 28.2 Å². The summed E-state index contributed by atoms with van der Waals surface area (Å²) in [6, 6.07) is 9.59. The second kappa shape index (κ2) is 8.04. The van der Waals surface area contributed by atoms with Crippen LogP contribution in [0.3, 0.4) is 0 Å². The molecular weight excluding hydrogens is 354 g/mol. The van der Waals surface area contributed by atoms with Gasteiger partial charge < -0.3 is 10.6 Å². The molecule has 0 fully saturated rings. The zero-order valence-electron chi connectivity index (χ0n) is 13.6. The average Bonchev–Trinajstić information content (AvgIpc) is 3.31. The normalized spacial score (nSPS) is 10.4. The van der Waals surface area contributed by atoms with Gasteiger partial charge in [-0.15, -0.1) is 11.3 Å². The second-order valence-electron chi connectivity index (χ2n) is 5.29. The van der Waals surface area contributed by atoms with E-state index in [4.69, 9.17) is 0 Å². The van der Waals surface area contributed by atoms with Crippen molar-refractivity contribution in [3.8, 4) is 10.6 Å². The van der Waals surface area contributed by atoms with Gasteiger partial charge in [0.25, 0.3) is 5.91 Å². The molecule has 0 saturated heterocycles. The van der Waals surface area contributed by atoms with Gasteiger partial charge in [-0.3, -0.25) is 9.59 Å². The van der Waals surface area contributed by atoms with E-state index in [1.165, 1.54) is 11.3 Å². The highest BCUT2D eigenvalue weighted by Gasteiger charge is 2.13. The van der Waals surface area contributed by atoms with Gasteiger partial charge in [0.15, 0.2) is 0 Å². The predicted octanol–water partition coefficient (Wildman–Crippen LogP) is 3.80. The van der Waals surface area contributed by atoms with Crippen LogP contribution in [0.4, 0.5) is 5.69 Å². The first kappa shape index (κ1) is 17.3. The van der Waals surface area contributed by atoms with Crippen molar-refractivity contribution in [3.05, 3.63) is 57.7 Å². The number of amides is 2. The molecule has 5 nitrogen and oxygen atoms in total. The number of carbonyl (C=O) groups is 2. The van der Waals surface area contributed by atoms with Gasteiger partial charge in [-0.1, -0.05) is 25.1 Å². The first-order chi connectivity index (χ1) is 12.2. The van der Waals surface area contributed by atoms with Crippen LogP contribution >= 0.6 is 22.7 Å². The molecule has 2 amide bonds. The summed E-state index contributed by atoms with van der Waals surface area (Å²) in [6.07, 6.45) is 0.826. The van der Waals surface area contributed by atoms with Crippen LogP contribution in [0.2, 0.25) is 0 Å². The van der Waals surface area contributed by atoms with Crippen LogP contribution in [0.25, 0.3) is 10.6 Å². The Morgan fingerprint density at radius 1 is 1.16 bits per heavy atom. The maximum Gasteiger partial charge on any atom is 0.271 e. The number of nitrogens with one attached hydrogen (secondary N) is 2. The Bertz CT molecular complexity index is 872. The standard InChI is InChI=1S/C18H17N3O2S2/c1-2-12-5-3-4-6-14(12)20-16(22)9-19-17(23)15-11-25-18(21-15)13-7-8-24-10-13/h3-8,10-11H,2,9H2,1H3,(H,19,23)(H,20,22). The SMILES string of the molecule is CCc1ccccc1NC(=O)CNC(=O)c1csc(-c2ccsc2)n1. The summed E-state index contributed by atoms with van der Waals surface area (Å²) in [4.78, 5) is 28.6. The summed E-state index contributed by atoms with van der Waals surface area (Å²) in [6.45, 7) is 1.93. The number of benzene rings is 1. The summed E-state index contributed by atoms with van der Waals surface area (Å²) in [5, 5.41) is 11.9. The van der Waals surface area contributed by atoms with E-state index in [0.29, 0.717) is 5.69 Å². The number of hydrogen-bond donors (Lipinski definition) is 2. The maximum absolute atomic E-state index is 12.2. The van der Waals surface area contributed by atoms with E-state index in [-0.39, 0.29) is 18.4 Å². The topological polar surface area (TPSA) is 71.1 Å². The Labute approximate surface area is 153 Å². The third kappa shape index (κ3) is 4.32. The Hall–Kier alpha value is -2.51. The first-order valence-electron chi connectivity index (χ1n) is 7.81. The fraction of sp³-hybridized carbons (Fsp3) is 0.167. The van der Waals surface area contributed by atoms with Gasteiger partial charge in [0.05, 0.1) is 6.54 Å². The Kier molecular flexibility index (Phi) is 5.57. The van der Waals surface area contributed by atoms with Crippen molar-refractivity contribution in [2.45, 2.75) is 13.3 Å². The lowest BCUT2D eigenvalue weighted by Crippen LogP contribution is -2.33. The lowest BCUT2D eigenvalue weighted by molar-refractivity contribution is -0.115. The summed E-state index contributed by atoms with van der Waals surface area (Å²) in [5.74, 6) is -0.612. The number of thiazole rings is 1. The molecule has 0 atom stereocenters. The van der Waals surface area contributed by atoms with Gasteiger partial charge in [-0.2, -0.15) is 11.3 Å². The van der Waals surface area contributed by atoms with Crippen molar-refractivity contribution in [1.82, 2.24) is 10.3 Å². The number of rotatable bonds is 6. The quantitative estimate of drug-likeness (QED) is 0.692. The third-order valence-electron chi connectivity index (χ3n) is 3.59. The number of aromatic nitrogens is 1. The molecule has 25 heavy (non-hydrogen) atoms. The lowest BCUT2D eigenvalue weighted by Gasteiger charge is -2.09. The molecule has 2 aromatic heterocycles. The monoisotopic (exact) mass is 371 g/mol. The van der Waals surface area contributed by atoms with E-state index in [1.807, 2.05) is 48.0 Å². The van der Waals surface area contributed by atoms with Crippen molar-refractivity contribution in [1.29, 1.82) is 0 Å². The van der Waals surface area contributed by atoms with Crippen molar-refractivity contribution < 1.29 is 9.59 Å². The molecule has 0 aliphatic carbocycles. The first-order valence-corrected chi connectivity index (χ1v) is 9.63. The molecule has 0 radical (unpaired) electrons. The van der Waals surface area contributed by atoms with Gasteiger partial charge in [0, 0.05) is 22.0 Å².